The molecule has 0 spiro atoms. The van der Waals surface area contributed by atoms with Crippen molar-refractivity contribution in [3.63, 3.8) is 0 Å². The van der Waals surface area contributed by atoms with Gasteiger partial charge in [0, 0.05) is 29.3 Å². The van der Waals surface area contributed by atoms with E-state index >= 15 is 0 Å². The van der Waals surface area contributed by atoms with Crippen LogP contribution in [-0.4, -0.2) is 40.4 Å². The molecule has 1 fully saturated rings. The number of rotatable bonds is 3. The first-order valence-corrected chi connectivity index (χ1v) is 8.76. The molecule has 0 aromatic heterocycles. The molecule has 1 heterocycles. The monoisotopic (exact) mass is 335 g/mol. The van der Waals surface area contributed by atoms with Gasteiger partial charge in [0.2, 0.25) is 5.91 Å². The average Bonchev–Trinajstić information content (AvgIpc) is 2.46. The lowest BCUT2D eigenvalue weighted by Crippen LogP contribution is -2.46. The summed E-state index contributed by atoms with van der Waals surface area (Å²) in [7, 11) is 0. The largest absolute Gasteiger partial charge is 0.369 e. The second-order valence-corrected chi connectivity index (χ2v) is 8.54. The molecular formula is C17H25N3O2S. The predicted octanol–water partition coefficient (Wildman–Crippen LogP) is 2.81. The molecule has 0 aliphatic carbocycles. The number of amides is 3. The molecule has 23 heavy (non-hydrogen) atoms. The first-order chi connectivity index (χ1) is 10.7. The summed E-state index contributed by atoms with van der Waals surface area (Å²) in [5, 5.41) is 3.82. The smallest absolute Gasteiger partial charge is 0.321 e. The lowest BCUT2D eigenvalue weighted by molar-refractivity contribution is -0.122. The lowest BCUT2D eigenvalue weighted by atomic mass is 9.84. The molecular weight excluding hydrogens is 310 g/mol. The number of nitrogens with two attached hydrogens (primary N) is 1. The number of carbonyl (C=O) groups is 2. The number of urea groups is 1. The average molecular weight is 335 g/mol. The van der Waals surface area contributed by atoms with E-state index in [-0.39, 0.29) is 11.9 Å². The Morgan fingerprint density at radius 1 is 1.17 bits per heavy atom. The van der Waals surface area contributed by atoms with Gasteiger partial charge >= 0.3 is 6.03 Å². The highest BCUT2D eigenvalue weighted by Crippen LogP contribution is 2.26. The highest BCUT2D eigenvalue weighted by Gasteiger charge is 2.28. The van der Waals surface area contributed by atoms with E-state index in [4.69, 9.17) is 5.73 Å². The van der Waals surface area contributed by atoms with E-state index in [2.05, 4.69) is 19.2 Å². The molecule has 3 N–H and O–H groups in total. The number of benzene rings is 1. The van der Waals surface area contributed by atoms with Crippen LogP contribution in [0.2, 0.25) is 0 Å². The van der Waals surface area contributed by atoms with Crippen molar-refractivity contribution >= 4 is 29.4 Å². The van der Waals surface area contributed by atoms with Gasteiger partial charge in [0.25, 0.3) is 0 Å². The van der Waals surface area contributed by atoms with E-state index in [1.807, 2.05) is 40.9 Å². The molecule has 2 unspecified atom stereocenters. The fourth-order valence-electron chi connectivity index (χ4n) is 2.66. The molecule has 1 aliphatic rings. The van der Waals surface area contributed by atoms with Gasteiger partial charge in [-0.05, 0) is 31.5 Å². The SMILES string of the molecule is CC1CN(C(=O)Nc2ccc(C(C)(C)C(N)=O)cc2)CC(C)S1. The number of hydrogen-bond acceptors (Lipinski definition) is 3. The fraction of sp³-hybridized carbons (Fsp3) is 0.529. The summed E-state index contributed by atoms with van der Waals surface area (Å²) >= 11 is 1.91. The predicted molar refractivity (Wildman–Crippen MR) is 95.8 cm³/mol. The zero-order chi connectivity index (χ0) is 17.2. The number of thioether (sulfide) groups is 1. The highest BCUT2D eigenvalue weighted by atomic mass is 32.2. The lowest BCUT2D eigenvalue weighted by Gasteiger charge is -2.34. The van der Waals surface area contributed by atoms with Crippen molar-refractivity contribution in [1.82, 2.24) is 4.90 Å². The highest BCUT2D eigenvalue weighted by molar-refractivity contribution is 8.00. The van der Waals surface area contributed by atoms with Crippen LogP contribution in [0.15, 0.2) is 24.3 Å². The van der Waals surface area contributed by atoms with E-state index in [0.717, 1.165) is 24.3 Å². The number of nitrogens with zero attached hydrogens (tertiary/aromatic N) is 1. The van der Waals surface area contributed by atoms with Crippen LogP contribution in [0.4, 0.5) is 10.5 Å². The third-order valence-electron chi connectivity index (χ3n) is 4.18. The molecule has 1 aliphatic heterocycles. The van der Waals surface area contributed by atoms with Crippen LogP contribution in [0, 0.1) is 0 Å². The summed E-state index contributed by atoms with van der Waals surface area (Å²) in [6.07, 6.45) is 0. The quantitative estimate of drug-likeness (QED) is 0.892. The number of nitrogens with one attached hydrogen (secondary N) is 1. The second-order valence-electron chi connectivity index (χ2n) is 6.66. The van der Waals surface area contributed by atoms with Crippen molar-refractivity contribution in [3.8, 4) is 0 Å². The van der Waals surface area contributed by atoms with Gasteiger partial charge in [-0.1, -0.05) is 26.0 Å². The molecule has 0 bridgehead atoms. The third kappa shape index (κ3) is 4.19. The van der Waals surface area contributed by atoms with Gasteiger partial charge in [0.15, 0.2) is 0 Å². The summed E-state index contributed by atoms with van der Waals surface area (Å²) in [6, 6.07) is 7.20. The van der Waals surface area contributed by atoms with Crippen LogP contribution in [0.3, 0.4) is 0 Å². The molecule has 1 aromatic rings. The Balaban J connectivity index is 2.03. The van der Waals surface area contributed by atoms with Gasteiger partial charge in [-0.25, -0.2) is 4.79 Å². The van der Waals surface area contributed by atoms with Gasteiger partial charge in [0.1, 0.15) is 0 Å². The number of anilines is 1. The van der Waals surface area contributed by atoms with Crippen molar-refractivity contribution in [2.75, 3.05) is 18.4 Å². The summed E-state index contributed by atoms with van der Waals surface area (Å²) < 4.78 is 0. The van der Waals surface area contributed by atoms with Gasteiger partial charge in [-0.2, -0.15) is 11.8 Å². The van der Waals surface area contributed by atoms with Gasteiger partial charge < -0.3 is 16.0 Å². The number of hydrogen-bond donors (Lipinski definition) is 2. The van der Waals surface area contributed by atoms with Crippen LogP contribution in [0.1, 0.15) is 33.3 Å². The molecule has 0 saturated carbocycles. The summed E-state index contributed by atoms with van der Waals surface area (Å²) in [5.41, 5.74) is 6.26. The Labute approximate surface area is 142 Å². The van der Waals surface area contributed by atoms with Crippen molar-refractivity contribution in [2.45, 2.75) is 43.6 Å². The topological polar surface area (TPSA) is 75.4 Å². The normalized spacial score (nSPS) is 21.8. The first-order valence-electron chi connectivity index (χ1n) is 7.82. The minimum Gasteiger partial charge on any atom is -0.369 e. The van der Waals surface area contributed by atoms with Crippen molar-refractivity contribution < 1.29 is 9.59 Å². The maximum Gasteiger partial charge on any atom is 0.321 e. The number of primary amides is 1. The molecule has 0 radical (unpaired) electrons. The van der Waals surface area contributed by atoms with E-state index in [0.29, 0.717) is 10.5 Å². The Hall–Kier alpha value is -1.69. The molecule has 126 valence electrons. The molecule has 6 heteroatoms. The Morgan fingerprint density at radius 2 is 1.70 bits per heavy atom. The second kappa shape index (κ2) is 6.83. The maximum atomic E-state index is 12.4. The Kier molecular flexibility index (Phi) is 5.24. The standard InChI is InChI=1S/C17H25N3O2S/c1-11-9-20(10-12(2)23-11)16(22)19-14-7-5-13(6-8-14)17(3,4)15(18)21/h5-8,11-12H,9-10H2,1-4H3,(H2,18,21)(H,19,22). The van der Waals surface area contributed by atoms with Crippen molar-refractivity contribution in [3.05, 3.63) is 29.8 Å². The molecule has 5 nitrogen and oxygen atoms in total. The van der Waals surface area contributed by atoms with E-state index in [9.17, 15) is 9.59 Å². The molecule has 1 aromatic carbocycles. The van der Waals surface area contributed by atoms with Crippen LogP contribution in [0.25, 0.3) is 0 Å². The minimum absolute atomic E-state index is 0.0779. The van der Waals surface area contributed by atoms with Crippen LogP contribution in [0.5, 0.6) is 0 Å². The molecule has 3 amide bonds. The molecule has 2 atom stereocenters. The summed E-state index contributed by atoms with van der Waals surface area (Å²) in [4.78, 5) is 25.7. The third-order valence-corrected chi connectivity index (χ3v) is 5.41. The Bertz CT molecular complexity index is 576. The first kappa shape index (κ1) is 17.7. The maximum absolute atomic E-state index is 12.4. The Morgan fingerprint density at radius 3 is 2.17 bits per heavy atom. The van der Waals surface area contributed by atoms with Gasteiger partial charge in [-0.3, -0.25) is 4.79 Å². The molecule has 2 rings (SSSR count). The zero-order valence-corrected chi connectivity index (χ0v) is 14.9. The molecule has 1 saturated heterocycles. The summed E-state index contributed by atoms with van der Waals surface area (Å²) in [5.74, 6) is -0.372. The van der Waals surface area contributed by atoms with Crippen molar-refractivity contribution in [1.29, 1.82) is 0 Å². The van der Waals surface area contributed by atoms with Gasteiger partial charge in [-0.15, -0.1) is 0 Å². The van der Waals surface area contributed by atoms with Crippen LogP contribution < -0.4 is 11.1 Å². The summed E-state index contributed by atoms with van der Waals surface area (Å²) in [6.45, 7) is 9.37. The van der Waals surface area contributed by atoms with Crippen LogP contribution >= 0.6 is 11.8 Å². The van der Waals surface area contributed by atoms with Crippen LogP contribution in [-0.2, 0) is 10.2 Å². The minimum atomic E-state index is -0.725. The van der Waals surface area contributed by atoms with E-state index < -0.39 is 5.41 Å². The van der Waals surface area contributed by atoms with E-state index in [1.54, 1.807) is 13.8 Å². The van der Waals surface area contributed by atoms with Crippen molar-refractivity contribution in [2.24, 2.45) is 5.73 Å². The number of carbonyl (C=O) groups excluding carboxylic acids is 2. The van der Waals surface area contributed by atoms with E-state index in [1.165, 1.54) is 0 Å². The zero-order valence-electron chi connectivity index (χ0n) is 14.1. The fourth-order valence-corrected chi connectivity index (χ4v) is 3.98. The van der Waals surface area contributed by atoms with Gasteiger partial charge in [0.05, 0.1) is 5.41 Å².